The van der Waals surface area contributed by atoms with E-state index in [1.807, 2.05) is 0 Å². The van der Waals surface area contributed by atoms with Crippen molar-refractivity contribution in [3.8, 4) is 5.75 Å². The van der Waals surface area contributed by atoms with Crippen molar-refractivity contribution in [1.29, 1.82) is 0 Å². The molecule has 1 aromatic rings. The van der Waals surface area contributed by atoms with Gasteiger partial charge in [-0.2, -0.15) is 0 Å². The van der Waals surface area contributed by atoms with Gasteiger partial charge in [-0.05, 0) is 29.8 Å². The molecule has 4 heteroatoms. The molecule has 0 aliphatic heterocycles. The minimum Gasteiger partial charge on any atom is -0.496 e. The van der Waals surface area contributed by atoms with Crippen molar-refractivity contribution in [2.45, 2.75) is 0 Å². The number of carbonyl (C=O) groups excluding carboxylic acids is 1. The Morgan fingerprint density at radius 3 is 2.75 bits per heavy atom. The van der Waals surface area contributed by atoms with Crippen molar-refractivity contribution < 1.29 is 9.53 Å². The molecule has 0 aromatic heterocycles. The molecule has 0 spiro atoms. The molecular formula is C8H6BrClO2. The van der Waals surface area contributed by atoms with Gasteiger partial charge in [-0.15, -0.1) is 0 Å². The number of carbonyl (C=O) groups is 1. The summed E-state index contributed by atoms with van der Waals surface area (Å²) in [7, 11) is 1.49. The van der Waals surface area contributed by atoms with Gasteiger partial charge in [-0.1, -0.05) is 15.9 Å². The summed E-state index contributed by atoms with van der Waals surface area (Å²) in [4.78, 5) is 10.8. The number of ether oxygens (including phenoxy) is 1. The molecule has 0 unspecified atom stereocenters. The summed E-state index contributed by atoms with van der Waals surface area (Å²) in [5, 5.41) is -0.520. The van der Waals surface area contributed by atoms with E-state index in [9.17, 15) is 4.79 Å². The minimum absolute atomic E-state index is 0.369. The zero-order valence-electron chi connectivity index (χ0n) is 6.30. The van der Waals surface area contributed by atoms with Crippen LogP contribution in [-0.2, 0) is 0 Å². The second kappa shape index (κ2) is 3.92. The van der Waals surface area contributed by atoms with Crippen LogP contribution in [0.5, 0.6) is 5.75 Å². The first-order valence-corrected chi connectivity index (χ1v) is 4.35. The van der Waals surface area contributed by atoms with Gasteiger partial charge in [0.1, 0.15) is 5.75 Å². The van der Waals surface area contributed by atoms with Gasteiger partial charge in [0.25, 0.3) is 5.24 Å². The summed E-state index contributed by atoms with van der Waals surface area (Å²) >= 11 is 8.55. The average Bonchev–Trinajstić information content (AvgIpc) is 2.04. The van der Waals surface area contributed by atoms with Gasteiger partial charge < -0.3 is 4.74 Å². The van der Waals surface area contributed by atoms with Gasteiger partial charge in [0, 0.05) is 4.47 Å². The van der Waals surface area contributed by atoms with E-state index in [0.717, 1.165) is 4.47 Å². The van der Waals surface area contributed by atoms with Crippen LogP contribution in [0.15, 0.2) is 22.7 Å². The van der Waals surface area contributed by atoms with Crippen LogP contribution in [0.1, 0.15) is 10.4 Å². The molecule has 0 aliphatic rings. The highest BCUT2D eigenvalue weighted by atomic mass is 79.9. The van der Waals surface area contributed by atoms with Crippen molar-refractivity contribution >= 4 is 32.8 Å². The minimum atomic E-state index is -0.520. The molecule has 0 saturated carbocycles. The third-order valence-corrected chi connectivity index (χ3v) is 2.07. The van der Waals surface area contributed by atoms with E-state index in [2.05, 4.69) is 15.9 Å². The Bertz CT molecular complexity index is 312. The van der Waals surface area contributed by atoms with Crippen LogP contribution in [0.25, 0.3) is 0 Å². The molecule has 0 radical (unpaired) electrons. The maximum Gasteiger partial charge on any atom is 0.256 e. The topological polar surface area (TPSA) is 26.3 Å². The first-order chi connectivity index (χ1) is 5.65. The molecule has 0 N–H and O–H groups in total. The Balaban J connectivity index is 3.21. The molecule has 1 rings (SSSR count). The van der Waals surface area contributed by atoms with E-state index in [1.54, 1.807) is 18.2 Å². The van der Waals surface area contributed by atoms with Crippen LogP contribution in [0.3, 0.4) is 0 Å². The molecule has 0 heterocycles. The second-order valence-electron chi connectivity index (χ2n) is 2.12. The molecular weight excluding hydrogens is 245 g/mol. The van der Waals surface area contributed by atoms with Crippen LogP contribution in [0.4, 0.5) is 0 Å². The third-order valence-electron chi connectivity index (χ3n) is 1.37. The summed E-state index contributed by atoms with van der Waals surface area (Å²) in [5.74, 6) is 0.484. The quantitative estimate of drug-likeness (QED) is 0.756. The number of rotatable bonds is 2. The lowest BCUT2D eigenvalue weighted by Gasteiger charge is -2.03. The molecule has 0 amide bonds. The van der Waals surface area contributed by atoms with E-state index in [0.29, 0.717) is 11.3 Å². The summed E-state index contributed by atoms with van der Waals surface area (Å²) in [5.41, 5.74) is 0.369. The summed E-state index contributed by atoms with van der Waals surface area (Å²) in [6, 6.07) is 5.08. The van der Waals surface area contributed by atoms with Crippen LogP contribution in [-0.4, -0.2) is 12.4 Å². The molecule has 0 fully saturated rings. The molecule has 2 nitrogen and oxygen atoms in total. The number of methoxy groups -OCH3 is 1. The Hall–Kier alpha value is -0.540. The molecule has 64 valence electrons. The number of hydrogen-bond donors (Lipinski definition) is 0. The summed E-state index contributed by atoms with van der Waals surface area (Å²) in [6.45, 7) is 0. The van der Waals surface area contributed by atoms with Crippen molar-refractivity contribution in [3.05, 3.63) is 28.2 Å². The fourth-order valence-electron chi connectivity index (χ4n) is 0.834. The second-order valence-corrected chi connectivity index (χ2v) is 3.38. The van der Waals surface area contributed by atoms with Crippen LogP contribution in [0.2, 0.25) is 0 Å². The molecule has 0 atom stereocenters. The Kier molecular flexibility index (Phi) is 3.12. The van der Waals surface area contributed by atoms with E-state index < -0.39 is 5.24 Å². The Morgan fingerprint density at radius 2 is 2.25 bits per heavy atom. The normalized spacial score (nSPS) is 9.58. The van der Waals surface area contributed by atoms with Gasteiger partial charge in [-0.3, -0.25) is 4.79 Å². The highest BCUT2D eigenvalue weighted by Crippen LogP contribution is 2.24. The lowest BCUT2D eigenvalue weighted by Crippen LogP contribution is -1.94. The molecule has 1 aromatic carbocycles. The SMILES string of the molecule is COc1ccc(Br)cc1[14C](=O)Cl. The standard InChI is InChI=1S/C8H6BrClO2/c1-12-7-3-2-5(9)4-6(7)8(10)11/h2-4H,1H3/i8+2. The molecule has 12 heavy (non-hydrogen) atoms. The monoisotopic (exact) mass is 250 g/mol. The van der Waals surface area contributed by atoms with Gasteiger partial charge >= 0.3 is 0 Å². The fraction of sp³-hybridized carbons (Fsp3) is 0.125. The van der Waals surface area contributed by atoms with Gasteiger partial charge in [0.15, 0.2) is 0 Å². The molecule has 0 bridgehead atoms. The smallest absolute Gasteiger partial charge is 0.256 e. The van der Waals surface area contributed by atoms with Gasteiger partial charge in [-0.25, -0.2) is 0 Å². The van der Waals surface area contributed by atoms with E-state index >= 15 is 0 Å². The number of halogens is 2. The Morgan fingerprint density at radius 1 is 1.58 bits per heavy atom. The maximum absolute atomic E-state index is 10.8. The maximum atomic E-state index is 10.8. The van der Waals surface area contributed by atoms with Crippen molar-refractivity contribution in [1.82, 2.24) is 0 Å². The van der Waals surface area contributed by atoms with Crippen molar-refractivity contribution in [2.24, 2.45) is 0 Å². The number of benzene rings is 1. The van der Waals surface area contributed by atoms with E-state index in [4.69, 9.17) is 16.3 Å². The first kappa shape index (κ1) is 9.55. The number of hydrogen-bond acceptors (Lipinski definition) is 2. The summed E-state index contributed by atoms with van der Waals surface area (Å²) in [6.07, 6.45) is 0. The highest BCUT2D eigenvalue weighted by Gasteiger charge is 2.09. The highest BCUT2D eigenvalue weighted by molar-refractivity contribution is 9.10. The average molecular weight is 251 g/mol. The van der Waals surface area contributed by atoms with E-state index in [-0.39, 0.29) is 0 Å². The predicted octanol–water partition coefficient (Wildman–Crippen LogP) is 2.84. The Labute approximate surface area is 83.6 Å². The molecule has 0 saturated heterocycles. The van der Waals surface area contributed by atoms with Crippen LogP contribution in [0, 0.1) is 0 Å². The van der Waals surface area contributed by atoms with Crippen LogP contribution < -0.4 is 4.74 Å². The third kappa shape index (κ3) is 1.99. The summed E-state index contributed by atoms with van der Waals surface area (Å²) < 4.78 is 5.73. The van der Waals surface area contributed by atoms with Crippen molar-refractivity contribution in [2.75, 3.05) is 7.11 Å². The molecule has 0 aliphatic carbocycles. The van der Waals surface area contributed by atoms with Gasteiger partial charge in [0.2, 0.25) is 0 Å². The lowest BCUT2D eigenvalue weighted by molar-refractivity contribution is 0.107. The first-order valence-electron chi connectivity index (χ1n) is 3.18. The van der Waals surface area contributed by atoms with E-state index in [1.165, 1.54) is 7.11 Å². The zero-order valence-corrected chi connectivity index (χ0v) is 8.65. The largest absolute Gasteiger partial charge is 0.496 e. The zero-order chi connectivity index (χ0) is 9.14. The van der Waals surface area contributed by atoms with Crippen molar-refractivity contribution in [3.63, 3.8) is 0 Å². The van der Waals surface area contributed by atoms with Crippen LogP contribution >= 0.6 is 27.5 Å². The lowest BCUT2D eigenvalue weighted by atomic mass is 10.3. The predicted molar refractivity (Wildman–Crippen MR) is 50.9 cm³/mol. The van der Waals surface area contributed by atoms with Gasteiger partial charge in [0.05, 0.1) is 12.7 Å². The fourth-order valence-corrected chi connectivity index (χ4v) is 1.34.